The van der Waals surface area contributed by atoms with Gasteiger partial charge in [-0.1, -0.05) is 24.3 Å². The predicted octanol–water partition coefficient (Wildman–Crippen LogP) is 4.11. The molecule has 1 aromatic heterocycles. The number of aromatic nitrogens is 2. The highest BCUT2D eigenvalue weighted by molar-refractivity contribution is 5.62. The molecule has 28 heavy (non-hydrogen) atoms. The average molecular weight is 376 g/mol. The van der Waals surface area contributed by atoms with E-state index in [1.807, 2.05) is 31.2 Å². The molecule has 2 aromatic carbocycles. The third kappa shape index (κ3) is 3.71. The molecule has 0 fully saturated rings. The maximum atomic E-state index is 5.38. The monoisotopic (exact) mass is 376 g/mol. The largest absolute Gasteiger partial charge is 0.493 e. The van der Waals surface area contributed by atoms with Crippen LogP contribution in [0.4, 0.5) is 17.5 Å². The number of fused-ring (bicyclic) bond motifs is 1. The number of hydrogen-bond donors (Lipinski definition) is 1. The molecule has 0 saturated heterocycles. The molecule has 4 rings (SSSR count). The Morgan fingerprint density at radius 2 is 1.71 bits per heavy atom. The molecule has 1 N–H and O–H groups in total. The van der Waals surface area contributed by atoms with Crippen LogP contribution in [-0.2, 0) is 13.0 Å². The summed E-state index contributed by atoms with van der Waals surface area (Å²) in [5.41, 5.74) is 4.56. The van der Waals surface area contributed by atoms with Crippen LogP contribution in [0.15, 0.2) is 48.5 Å². The van der Waals surface area contributed by atoms with Gasteiger partial charge in [-0.05, 0) is 36.6 Å². The maximum Gasteiger partial charge on any atom is 0.227 e. The van der Waals surface area contributed by atoms with Crippen LogP contribution < -0.4 is 19.7 Å². The van der Waals surface area contributed by atoms with Crippen molar-refractivity contribution < 1.29 is 9.47 Å². The molecule has 0 bridgehead atoms. The van der Waals surface area contributed by atoms with Crippen molar-refractivity contribution in [2.24, 2.45) is 0 Å². The zero-order valence-corrected chi connectivity index (χ0v) is 16.4. The van der Waals surface area contributed by atoms with E-state index in [1.165, 1.54) is 11.1 Å². The zero-order valence-electron chi connectivity index (χ0n) is 16.4. The highest BCUT2D eigenvalue weighted by Gasteiger charge is 2.19. The van der Waals surface area contributed by atoms with Gasteiger partial charge in [0.25, 0.3) is 0 Å². The van der Waals surface area contributed by atoms with Gasteiger partial charge >= 0.3 is 0 Å². The standard InChI is InChI=1S/C22H24N4O2/c1-15-12-21(24-18-8-9-19(27-2)20(13-18)28-3)25-22(23-15)26-11-10-16-6-4-5-7-17(16)14-26/h4-9,12-13H,10-11,14H2,1-3H3,(H,23,24,25). The predicted molar refractivity (Wildman–Crippen MR) is 111 cm³/mol. The molecule has 6 heteroatoms. The van der Waals surface area contributed by atoms with E-state index in [2.05, 4.69) is 39.5 Å². The number of ether oxygens (including phenoxy) is 2. The van der Waals surface area contributed by atoms with Gasteiger partial charge in [0, 0.05) is 36.6 Å². The fourth-order valence-corrected chi connectivity index (χ4v) is 3.49. The molecule has 1 aliphatic rings. The van der Waals surface area contributed by atoms with Gasteiger partial charge in [-0.2, -0.15) is 4.98 Å². The second-order valence-electron chi connectivity index (χ2n) is 6.83. The number of rotatable bonds is 5. The Morgan fingerprint density at radius 3 is 2.50 bits per heavy atom. The van der Waals surface area contributed by atoms with Crippen LogP contribution >= 0.6 is 0 Å². The molecule has 0 radical (unpaired) electrons. The molecule has 0 aliphatic carbocycles. The Morgan fingerprint density at radius 1 is 0.929 bits per heavy atom. The van der Waals surface area contributed by atoms with Gasteiger partial charge in [-0.25, -0.2) is 4.98 Å². The highest BCUT2D eigenvalue weighted by atomic mass is 16.5. The Labute approximate surface area is 165 Å². The number of hydrogen-bond acceptors (Lipinski definition) is 6. The molecule has 2 heterocycles. The molecule has 0 saturated carbocycles. The fourth-order valence-electron chi connectivity index (χ4n) is 3.49. The van der Waals surface area contributed by atoms with Crippen LogP contribution in [0, 0.1) is 6.92 Å². The first-order valence-corrected chi connectivity index (χ1v) is 9.33. The van der Waals surface area contributed by atoms with E-state index in [0.29, 0.717) is 11.5 Å². The first-order valence-electron chi connectivity index (χ1n) is 9.33. The van der Waals surface area contributed by atoms with E-state index in [-0.39, 0.29) is 0 Å². The molecule has 0 spiro atoms. The molecular formula is C22H24N4O2. The summed E-state index contributed by atoms with van der Waals surface area (Å²) in [6.45, 7) is 3.73. The Balaban J connectivity index is 1.58. The van der Waals surface area contributed by atoms with Gasteiger partial charge in [-0.3, -0.25) is 0 Å². The minimum absolute atomic E-state index is 0.672. The summed E-state index contributed by atoms with van der Waals surface area (Å²) in [7, 11) is 3.25. The van der Waals surface area contributed by atoms with Gasteiger partial charge in [0.1, 0.15) is 5.82 Å². The number of methoxy groups -OCH3 is 2. The second kappa shape index (κ2) is 7.76. The minimum Gasteiger partial charge on any atom is -0.493 e. The van der Waals surface area contributed by atoms with Gasteiger partial charge in [-0.15, -0.1) is 0 Å². The first kappa shape index (κ1) is 18.1. The maximum absolute atomic E-state index is 5.38. The summed E-state index contributed by atoms with van der Waals surface area (Å²) >= 11 is 0. The van der Waals surface area contributed by atoms with E-state index >= 15 is 0 Å². The number of aryl methyl sites for hydroxylation is 1. The van der Waals surface area contributed by atoms with E-state index in [4.69, 9.17) is 14.5 Å². The molecule has 6 nitrogen and oxygen atoms in total. The summed E-state index contributed by atoms with van der Waals surface area (Å²) in [5.74, 6) is 2.87. The molecule has 0 unspecified atom stereocenters. The SMILES string of the molecule is COc1ccc(Nc2cc(C)nc(N3CCc4ccccc4C3)n2)cc1OC. The van der Waals surface area contributed by atoms with E-state index in [0.717, 1.165) is 42.7 Å². The Hall–Kier alpha value is -3.28. The lowest BCUT2D eigenvalue weighted by molar-refractivity contribution is 0.355. The quantitative estimate of drug-likeness (QED) is 0.723. The molecule has 3 aromatic rings. The van der Waals surface area contributed by atoms with E-state index in [1.54, 1.807) is 14.2 Å². The summed E-state index contributed by atoms with van der Waals surface area (Å²) in [6, 6.07) is 16.2. The summed E-state index contributed by atoms with van der Waals surface area (Å²) in [5, 5.41) is 3.36. The third-order valence-corrected chi connectivity index (χ3v) is 4.91. The smallest absolute Gasteiger partial charge is 0.227 e. The fraction of sp³-hybridized carbons (Fsp3) is 0.273. The molecule has 0 atom stereocenters. The van der Waals surface area contributed by atoms with Crippen LogP contribution in [0.5, 0.6) is 11.5 Å². The normalized spacial score (nSPS) is 13.0. The summed E-state index contributed by atoms with van der Waals surface area (Å²) < 4.78 is 10.7. The van der Waals surface area contributed by atoms with Crippen LogP contribution in [-0.4, -0.2) is 30.7 Å². The van der Waals surface area contributed by atoms with Crippen molar-refractivity contribution in [2.45, 2.75) is 19.9 Å². The lowest BCUT2D eigenvalue weighted by atomic mass is 10.0. The van der Waals surface area contributed by atoms with Gasteiger partial charge in [0.05, 0.1) is 14.2 Å². The van der Waals surface area contributed by atoms with E-state index in [9.17, 15) is 0 Å². The first-order chi connectivity index (χ1) is 13.7. The van der Waals surface area contributed by atoms with Crippen LogP contribution in [0.2, 0.25) is 0 Å². The highest BCUT2D eigenvalue weighted by Crippen LogP contribution is 2.31. The number of benzene rings is 2. The lowest BCUT2D eigenvalue weighted by Crippen LogP contribution is -2.32. The topological polar surface area (TPSA) is 59.5 Å². The molecule has 0 amide bonds. The van der Waals surface area contributed by atoms with E-state index < -0.39 is 0 Å². The molecule has 144 valence electrons. The van der Waals surface area contributed by atoms with Crippen LogP contribution in [0.1, 0.15) is 16.8 Å². The van der Waals surface area contributed by atoms with Crippen molar-refractivity contribution in [1.29, 1.82) is 0 Å². The van der Waals surface area contributed by atoms with Gasteiger partial charge in [0.2, 0.25) is 5.95 Å². The number of nitrogens with zero attached hydrogens (tertiary/aromatic N) is 3. The van der Waals surface area contributed by atoms with Crippen molar-refractivity contribution in [2.75, 3.05) is 31.0 Å². The second-order valence-corrected chi connectivity index (χ2v) is 6.83. The Bertz CT molecular complexity index is 990. The van der Waals surface area contributed by atoms with Crippen molar-refractivity contribution in [3.05, 3.63) is 65.4 Å². The van der Waals surface area contributed by atoms with Crippen LogP contribution in [0.25, 0.3) is 0 Å². The van der Waals surface area contributed by atoms with Crippen molar-refractivity contribution in [1.82, 2.24) is 9.97 Å². The Kier molecular flexibility index (Phi) is 5.02. The number of anilines is 3. The zero-order chi connectivity index (χ0) is 19.5. The minimum atomic E-state index is 0.672. The van der Waals surface area contributed by atoms with Crippen molar-refractivity contribution >= 4 is 17.5 Å². The van der Waals surface area contributed by atoms with Crippen molar-refractivity contribution in [3.63, 3.8) is 0 Å². The molecule has 1 aliphatic heterocycles. The summed E-state index contributed by atoms with van der Waals surface area (Å²) in [4.78, 5) is 11.6. The average Bonchev–Trinajstić information content (AvgIpc) is 2.73. The summed E-state index contributed by atoms with van der Waals surface area (Å²) in [6.07, 6.45) is 1.01. The van der Waals surface area contributed by atoms with Crippen molar-refractivity contribution in [3.8, 4) is 11.5 Å². The lowest BCUT2D eigenvalue weighted by Gasteiger charge is -2.29. The van der Waals surface area contributed by atoms with Gasteiger partial charge < -0.3 is 19.7 Å². The molecular weight excluding hydrogens is 352 g/mol. The number of nitrogens with one attached hydrogen (secondary N) is 1. The third-order valence-electron chi connectivity index (χ3n) is 4.91. The van der Waals surface area contributed by atoms with Gasteiger partial charge in [0.15, 0.2) is 11.5 Å². The van der Waals surface area contributed by atoms with Crippen LogP contribution in [0.3, 0.4) is 0 Å².